The molecule has 0 amide bonds. The van der Waals surface area contributed by atoms with Gasteiger partial charge in [0.05, 0.1) is 6.61 Å². The Hall–Kier alpha value is -1.46. The van der Waals surface area contributed by atoms with E-state index in [2.05, 4.69) is 0 Å². The number of hydrogen-bond donors (Lipinski definition) is 0. The monoisotopic (exact) mass is 296 g/mol. The Morgan fingerprint density at radius 2 is 2.00 bits per heavy atom. The molecule has 1 aliphatic rings. The Kier molecular flexibility index (Phi) is 4.64. The molecule has 1 aliphatic heterocycles. The lowest BCUT2D eigenvalue weighted by Crippen LogP contribution is -2.37. The van der Waals surface area contributed by atoms with Gasteiger partial charge < -0.3 is 14.2 Å². The lowest BCUT2D eigenvalue weighted by atomic mass is 9.95. The van der Waals surface area contributed by atoms with Gasteiger partial charge in [-0.2, -0.15) is 0 Å². The number of carbonyl (C=O) groups is 1. The van der Waals surface area contributed by atoms with Crippen molar-refractivity contribution in [1.29, 1.82) is 0 Å². The minimum atomic E-state index is -0.888. The van der Waals surface area contributed by atoms with E-state index in [0.29, 0.717) is 6.42 Å². The number of rotatable bonds is 5. The summed E-state index contributed by atoms with van der Waals surface area (Å²) in [5.41, 5.74) is -0.153. The average Bonchev–Trinajstić information content (AvgIpc) is 2.75. The number of carbonyl (C=O) groups excluding carboxylic acids is 1. The van der Waals surface area contributed by atoms with Gasteiger partial charge in [-0.3, -0.25) is 4.79 Å². The largest absolute Gasteiger partial charge is 0.462 e. The maximum absolute atomic E-state index is 13.1. The van der Waals surface area contributed by atoms with Gasteiger partial charge in [0, 0.05) is 6.42 Å². The van der Waals surface area contributed by atoms with E-state index in [-0.39, 0.29) is 25.0 Å². The van der Waals surface area contributed by atoms with Crippen molar-refractivity contribution >= 4 is 5.97 Å². The minimum Gasteiger partial charge on any atom is -0.462 e. The highest BCUT2D eigenvalue weighted by Crippen LogP contribution is 2.39. The van der Waals surface area contributed by atoms with Crippen LogP contribution in [0, 0.1) is 5.82 Å². The number of hydrogen-bond acceptors (Lipinski definition) is 4. The third-order valence-electron chi connectivity index (χ3n) is 3.38. The van der Waals surface area contributed by atoms with E-state index < -0.39 is 11.4 Å². The summed E-state index contributed by atoms with van der Waals surface area (Å²) in [4.78, 5) is 11.6. The van der Waals surface area contributed by atoms with Gasteiger partial charge in [-0.15, -0.1) is 0 Å². The summed E-state index contributed by atoms with van der Waals surface area (Å²) in [5.74, 6) is -1.37. The molecule has 1 atom stereocenters. The summed E-state index contributed by atoms with van der Waals surface area (Å²) in [6.07, 6.45) is 1.09. The quantitative estimate of drug-likeness (QED) is 0.783. The van der Waals surface area contributed by atoms with Crippen LogP contribution in [0.3, 0.4) is 0 Å². The van der Waals surface area contributed by atoms with Gasteiger partial charge in [0.1, 0.15) is 12.4 Å². The number of esters is 1. The first-order valence-electron chi connectivity index (χ1n) is 7.13. The first-order valence-corrected chi connectivity index (χ1v) is 7.13. The molecule has 1 unspecified atom stereocenters. The normalized spacial score (nSPS) is 24.0. The van der Waals surface area contributed by atoms with Crippen molar-refractivity contribution in [2.45, 2.75) is 45.0 Å². The van der Waals surface area contributed by atoms with E-state index in [1.165, 1.54) is 12.1 Å². The van der Waals surface area contributed by atoms with Gasteiger partial charge in [0.15, 0.2) is 11.4 Å². The van der Waals surface area contributed by atoms with Crippen molar-refractivity contribution in [3.8, 4) is 0 Å². The predicted molar refractivity (Wildman–Crippen MR) is 75.1 cm³/mol. The summed E-state index contributed by atoms with van der Waals surface area (Å²) in [6, 6.07) is 5.99. The van der Waals surface area contributed by atoms with Crippen molar-refractivity contribution < 1.29 is 23.4 Å². The molecule has 116 valence electrons. The van der Waals surface area contributed by atoms with Crippen LogP contribution in [0.2, 0.25) is 0 Å². The van der Waals surface area contributed by atoms with Crippen molar-refractivity contribution in [1.82, 2.24) is 0 Å². The zero-order valence-electron chi connectivity index (χ0n) is 12.6. The lowest BCUT2D eigenvalue weighted by Gasteiger charge is -2.29. The molecule has 0 radical (unpaired) electrons. The SMILES string of the molecule is CCCC(=O)OCC1(c2ccc(F)cc2)COC(C)(C)O1. The zero-order valence-corrected chi connectivity index (χ0v) is 12.6. The molecule has 2 rings (SSSR count). The van der Waals surface area contributed by atoms with E-state index >= 15 is 0 Å². The molecule has 21 heavy (non-hydrogen) atoms. The van der Waals surface area contributed by atoms with Gasteiger partial charge >= 0.3 is 5.97 Å². The van der Waals surface area contributed by atoms with Crippen molar-refractivity contribution in [3.63, 3.8) is 0 Å². The molecule has 1 fully saturated rings. The summed E-state index contributed by atoms with van der Waals surface area (Å²) >= 11 is 0. The van der Waals surface area contributed by atoms with Gasteiger partial charge in [-0.1, -0.05) is 19.1 Å². The predicted octanol–water partition coefficient (Wildman–Crippen LogP) is 3.15. The molecule has 4 nitrogen and oxygen atoms in total. The minimum absolute atomic E-state index is 0.0564. The van der Waals surface area contributed by atoms with Crippen LogP contribution in [0.25, 0.3) is 0 Å². The molecule has 1 aromatic carbocycles. The van der Waals surface area contributed by atoms with Crippen LogP contribution in [0.5, 0.6) is 0 Å². The van der Waals surface area contributed by atoms with Crippen LogP contribution in [-0.2, 0) is 24.6 Å². The van der Waals surface area contributed by atoms with Gasteiger partial charge in [-0.05, 0) is 38.0 Å². The Labute approximate surface area is 124 Å². The lowest BCUT2D eigenvalue weighted by molar-refractivity contribution is -0.182. The second-order valence-electron chi connectivity index (χ2n) is 5.70. The molecule has 0 N–H and O–H groups in total. The van der Waals surface area contributed by atoms with Crippen LogP contribution in [0.15, 0.2) is 24.3 Å². The molecule has 1 heterocycles. The zero-order chi connectivity index (χ0) is 15.5. The molecule has 0 aromatic heterocycles. The van der Waals surface area contributed by atoms with Crippen LogP contribution >= 0.6 is 0 Å². The van der Waals surface area contributed by atoms with E-state index in [1.54, 1.807) is 26.0 Å². The van der Waals surface area contributed by atoms with E-state index in [1.807, 2.05) is 6.92 Å². The molecule has 0 spiro atoms. The highest BCUT2D eigenvalue weighted by Gasteiger charge is 2.47. The summed E-state index contributed by atoms with van der Waals surface area (Å²) in [7, 11) is 0. The molecular weight excluding hydrogens is 275 g/mol. The van der Waals surface area contributed by atoms with Crippen LogP contribution in [0.4, 0.5) is 4.39 Å². The Morgan fingerprint density at radius 3 is 2.52 bits per heavy atom. The third kappa shape index (κ3) is 3.80. The summed E-state index contributed by atoms with van der Waals surface area (Å²) < 4.78 is 30.0. The third-order valence-corrected chi connectivity index (χ3v) is 3.38. The number of ether oxygens (including phenoxy) is 3. The standard InChI is InChI=1S/C16H21FO4/c1-4-5-14(18)19-10-16(11-20-15(2,3)21-16)12-6-8-13(17)9-7-12/h6-9H,4-5,10-11H2,1-3H3. The summed E-state index contributed by atoms with van der Waals surface area (Å²) in [5, 5.41) is 0. The van der Waals surface area contributed by atoms with Crippen molar-refractivity contribution in [3.05, 3.63) is 35.6 Å². The highest BCUT2D eigenvalue weighted by molar-refractivity contribution is 5.69. The molecule has 0 aliphatic carbocycles. The van der Waals surface area contributed by atoms with E-state index in [0.717, 1.165) is 12.0 Å². The molecule has 0 bridgehead atoms. The van der Waals surface area contributed by atoms with Gasteiger partial charge in [0.2, 0.25) is 0 Å². The molecule has 1 saturated heterocycles. The van der Waals surface area contributed by atoms with Gasteiger partial charge in [-0.25, -0.2) is 4.39 Å². The second-order valence-corrected chi connectivity index (χ2v) is 5.70. The average molecular weight is 296 g/mol. The molecule has 1 aromatic rings. The molecular formula is C16H21FO4. The highest BCUT2D eigenvalue weighted by atomic mass is 19.1. The number of benzene rings is 1. The topological polar surface area (TPSA) is 44.8 Å². The maximum atomic E-state index is 13.1. The van der Waals surface area contributed by atoms with Crippen LogP contribution in [0.1, 0.15) is 39.2 Å². The summed E-state index contributed by atoms with van der Waals surface area (Å²) in [6.45, 7) is 5.82. The maximum Gasteiger partial charge on any atom is 0.305 e. The fraction of sp³-hybridized carbons (Fsp3) is 0.562. The Bertz CT molecular complexity index is 498. The number of halogens is 1. The Morgan fingerprint density at radius 1 is 1.33 bits per heavy atom. The van der Waals surface area contributed by atoms with Crippen LogP contribution in [-0.4, -0.2) is 25.0 Å². The van der Waals surface area contributed by atoms with Gasteiger partial charge in [0.25, 0.3) is 0 Å². The fourth-order valence-electron chi connectivity index (χ4n) is 2.34. The first-order chi connectivity index (χ1) is 9.87. The molecule has 5 heteroatoms. The molecule has 0 saturated carbocycles. The fourth-order valence-corrected chi connectivity index (χ4v) is 2.34. The van der Waals surface area contributed by atoms with Crippen molar-refractivity contribution in [2.24, 2.45) is 0 Å². The first kappa shape index (κ1) is 15.9. The Balaban J connectivity index is 2.19. The second kappa shape index (κ2) is 6.12. The smallest absolute Gasteiger partial charge is 0.305 e. The van der Waals surface area contributed by atoms with Crippen molar-refractivity contribution in [2.75, 3.05) is 13.2 Å². The van der Waals surface area contributed by atoms with E-state index in [9.17, 15) is 9.18 Å². The van der Waals surface area contributed by atoms with Crippen LogP contribution < -0.4 is 0 Å². The van der Waals surface area contributed by atoms with E-state index in [4.69, 9.17) is 14.2 Å².